The van der Waals surface area contributed by atoms with Crippen molar-refractivity contribution in [2.75, 3.05) is 12.3 Å². The summed E-state index contributed by atoms with van der Waals surface area (Å²) in [6.07, 6.45) is 1.13. The molecule has 1 aliphatic rings. The number of likely N-dealkylation sites (N-methyl/N-ethyl adjacent to an activating group) is 1. The van der Waals surface area contributed by atoms with Gasteiger partial charge in [0.2, 0.25) is 3.79 Å². The summed E-state index contributed by atoms with van der Waals surface area (Å²) in [6.45, 7) is 6.81. The van der Waals surface area contributed by atoms with Crippen LogP contribution in [0.25, 0.3) is 5.57 Å². The lowest BCUT2D eigenvalue weighted by atomic mass is 9.99. The Balaban J connectivity index is 2.27. The number of alkyl halides is 3. The van der Waals surface area contributed by atoms with Gasteiger partial charge in [0, 0.05) is 10.6 Å². The molecule has 5 heteroatoms. The molecule has 1 unspecified atom stereocenters. The Hall–Kier alpha value is 0.140. The molecule has 0 amide bonds. The van der Waals surface area contributed by atoms with Gasteiger partial charge in [-0.3, -0.25) is 0 Å². The van der Waals surface area contributed by atoms with Crippen LogP contribution in [0.4, 0.5) is 0 Å². The quantitative estimate of drug-likeness (QED) is 0.800. The van der Waals surface area contributed by atoms with Crippen LogP contribution in [-0.2, 0) is 6.42 Å². The third-order valence-corrected chi connectivity index (χ3v) is 4.90. The maximum atomic E-state index is 6.04. The van der Waals surface area contributed by atoms with Crippen molar-refractivity contribution in [2.24, 2.45) is 0 Å². The van der Waals surface area contributed by atoms with Crippen LogP contribution in [-0.4, -0.2) is 22.1 Å². The van der Waals surface area contributed by atoms with Crippen LogP contribution in [0.15, 0.2) is 29.7 Å². The molecular weight excluding hydrogens is 321 g/mol. The molecule has 0 aliphatic carbocycles. The molecule has 1 N–H and O–H groups in total. The third-order valence-electron chi connectivity index (χ3n) is 3.15. The maximum Gasteiger partial charge on any atom is 0.209 e. The second kappa shape index (κ2) is 6.28. The summed E-state index contributed by atoms with van der Waals surface area (Å²) < 4.78 is -1.40. The van der Waals surface area contributed by atoms with Crippen molar-refractivity contribution in [1.29, 1.82) is 0 Å². The summed E-state index contributed by atoms with van der Waals surface area (Å²) in [6, 6.07) is 5.98. The molecule has 0 radical (unpaired) electrons. The predicted octanol–water partition coefficient (Wildman–Crippen LogP) is 4.70. The van der Waals surface area contributed by atoms with Gasteiger partial charge in [0.1, 0.15) is 0 Å². The first-order valence-corrected chi connectivity index (χ1v) is 8.30. The molecule has 1 heterocycles. The molecule has 19 heavy (non-hydrogen) atoms. The SMILES string of the molecule is C=C(c1ccc2c(c1)SCC2)C(NCC)C(Cl)(Cl)Cl. The fourth-order valence-electron chi connectivity index (χ4n) is 2.17. The summed E-state index contributed by atoms with van der Waals surface area (Å²) in [5.74, 6) is 1.15. The second-order valence-corrected chi connectivity index (χ2v) is 7.98. The van der Waals surface area contributed by atoms with E-state index < -0.39 is 3.79 Å². The molecule has 1 aliphatic heterocycles. The van der Waals surface area contributed by atoms with Crippen molar-refractivity contribution in [2.45, 2.75) is 28.1 Å². The largest absolute Gasteiger partial charge is 0.307 e. The van der Waals surface area contributed by atoms with Crippen LogP contribution >= 0.6 is 46.6 Å². The van der Waals surface area contributed by atoms with Gasteiger partial charge in [0.15, 0.2) is 0 Å². The van der Waals surface area contributed by atoms with Crippen molar-refractivity contribution >= 4 is 52.1 Å². The monoisotopic (exact) mass is 335 g/mol. The van der Waals surface area contributed by atoms with E-state index in [1.165, 1.54) is 10.5 Å². The number of nitrogens with one attached hydrogen (secondary N) is 1. The molecule has 2 rings (SSSR count). The Morgan fingerprint density at radius 2 is 2.21 bits per heavy atom. The minimum Gasteiger partial charge on any atom is -0.307 e. The van der Waals surface area contributed by atoms with Crippen molar-refractivity contribution in [1.82, 2.24) is 5.32 Å². The van der Waals surface area contributed by atoms with E-state index in [9.17, 15) is 0 Å². The Morgan fingerprint density at radius 1 is 1.47 bits per heavy atom. The van der Waals surface area contributed by atoms with Crippen molar-refractivity contribution in [3.63, 3.8) is 0 Å². The first-order valence-electron chi connectivity index (χ1n) is 6.18. The highest BCUT2D eigenvalue weighted by atomic mass is 35.6. The first kappa shape index (κ1) is 15.5. The third kappa shape index (κ3) is 3.62. The van der Waals surface area contributed by atoms with Crippen LogP contribution in [0.2, 0.25) is 0 Å². The fourth-order valence-corrected chi connectivity index (χ4v) is 3.91. The molecular formula is C14H16Cl3NS. The van der Waals surface area contributed by atoms with E-state index in [0.29, 0.717) is 0 Å². The summed E-state index contributed by atoms with van der Waals surface area (Å²) in [4.78, 5) is 1.32. The number of thioether (sulfide) groups is 1. The number of rotatable bonds is 4. The number of benzene rings is 1. The molecule has 1 aromatic carbocycles. The maximum absolute atomic E-state index is 6.04. The molecule has 104 valence electrons. The van der Waals surface area contributed by atoms with Crippen LogP contribution in [0.3, 0.4) is 0 Å². The van der Waals surface area contributed by atoms with E-state index in [-0.39, 0.29) is 6.04 Å². The van der Waals surface area contributed by atoms with Gasteiger partial charge >= 0.3 is 0 Å². The Morgan fingerprint density at radius 3 is 2.84 bits per heavy atom. The van der Waals surface area contributed by atoms with E-state index >= 15 is 0 Å². The highest BCUT2D eigenvalue weighted by Crippen LogP contribution is 2.39. The number of halogens is 3. The van der Waals surface area contributed by atoms with Gasteiger partial charge in [-0.25, -0.2) is 0 Å². The van der Waals surface area contributed by atoms with Crippen LogP contribution < -0.4 is 5.32 Å². The second-order valence-electron chi connectivity index (χ2n) is 4.48. The highest BCUT2D eigenvalue weighted by molar-refractivity contribution is 7.99. The van der Waals surface area contributed by atoms with Gasteiger partial charge in [-0.15, -0.1) is 11.8 Å². The summed E-state index contributed by atoms with van der Waals surface area (Å²) in [5, 5.41) is 3.19. The molecule has 1 atom stereocenters. The molecule has 0 aromatic heterocycles. The Bertz CT molecular complexity index is 482. The summed E-state index contributed by atoms with van der Waals surface area (Å²) in [7, 11) is 0. The van der Waals surface area contributed by atoms with Crippen molar-refractivity contribution in [3.8, 4) is 0 Å². The zero-order valence-corrected chi connectivity index (χ0v) is 13.8. The van der Waals surface area contributed by atoms with Gasteiger partial charge < -0.3 is 5.32 Å². The number of aryl methyl sites for hydroxylation is 1. The predicted molar refractivity (Wildman–Crippen MR) is 87.7 cm³/mol. The standard InChI is InChI=1S/C14H16Cl3NS/c1-3-18-13(14(15,16)17)9(2)11-5-4-10-6-7-19-12(10)8-11/h4-5,8,13,18H,2-3,6-7H2,1H3. The lowest BCUT2D eigenvalue weighted by molar-refractivity contribution is 0.638. The lowest BCUT2D eigenvalue weighted by Crippen LogP contribution is -2.40. The van der Waals surface area contributed by atoms with Crippen LogP contribution in [0, 0.1) is 0 Å². The number of fused-ring (bicyclic) bond motifs is 1. The fraction of sp³-hybridized carbons (Fsp3) is 0.429. The first-order chi connectivity index (χ1) is 8.93. The Labute approximate surface area is 133 Å². The molecule has 0 fully saturated rings. The average Bonchev–Trinajstić information content (AvgIpc) is 2.80. The molecule has 1 aromatic rings. The highest BCUT2D eigenvalue weighted by Gasteiger charge is 2.34. The molecule has 0 bridgehead atoms. The van der Waals surface area contributed by atoms with E-state index in [1.807, 2.05) is 18.7 Å². The van der Waals surface area contributed by atoms with E-state index in [2.05, 4.69) is 30.1 Å². The summed E-state index contributed by atoms with van der Waals surface area (Å²) in [5.41, 5.74) is 3.25. The van der Waals surface area contributed by atoms with Gasteiger partial charge in [0.25, 0.3) is 0 Å². The van der Waals surface area contributed by atoms with Crippen LogP contribution in [0.1, 0.15) is 18.1 Å². The van der Waals surface area contributed by atoms with Gasteiger partial charge in [-0.2, -0.15) is 0 Å². The smallest absolute Gasteiger partial charge is 0.209 e. The molecule has 0 saturated heterocycles. The zero-order valence-electron chi connectivity index (χ0n) is 10.7. The van der Waals surface area contributed by atoms with Gasteiger partial charge in [-0.1, -0.05) is 60.4 Å². The number of hydrogen-bond donors (Lipinski definition) is 1. The van der Waals surface area contributed by atoms with Gasteiger partial charge in [-0.05, 0) is 35.7 Å². The number of hydrogen-bond acceptors (Lipinski definition) is 2. The normalized spacial score (nSPS) is 16.2. The molecule has 0 spiro atoms. The van der Waals surface area contributed by atoms with Crippen molar-refractivity contribution < 1.29 is 0 Å². The zero-order chi connectivity index (χ0) is 14.0. The van der Waals surface area contributed by atoms with E-state index in [0.717, 1.165) is 29.9 Å². The Kier molecular flexibility index (Phi) is 5.13. The minimum atomic E-state index is -1.40. The van der Waals surface area contributed by atoms with Crippen molar-refractivity contribution in [3.05, 3.63) is 35.9 Å². The van der Waals surface area contributed by atoms with Crippen LogP contribution in [0.5, 0.6) is 0 Å². The average molecular weight is 337 g/mol. The van der Waals surface area contributed by atoms with Gasteiger partial charge in [0.05, 0.1) is 6.04 Å². The molecule has 1 nitrogen and oxygen atoms in total. The molecule has 0 saturated carbocycles. The topological polar surface area (TPSA) is 12.0 Å². The van der Waals surface area contributed by atoms with E-state index in [1.54, 1.807) is 0 Å². The minimum absolute atomic E-state index is 0.382. The lowest BCUT2D eigenvalue weighted by Gasteiger charge is -2.27. The van der Waals surface area contributed by atoms with E-state index in [4.69, 9.17) is 34.8 Å². The summed E-state index contributed by atoms with van der Waals surface area (Å²) >= 11 is 20.0.